The maximum atomic E-state index is 11.0. The summed E-state index contributed by atoms with van der Waals surface area (Å²) in [6.45, 7) is 0.870. The predicted octanol–water partition coefficient (Wildman–Crippen LogP) is 0.550. The Balaban J connectivity index is 2.21. The highest BCUT2D eigenvalue weighted by Gasteiger charge is 2.41. The minimum absolute atomic E-state index is 0.275. The second kappa shape index (κ2) is 4.07. The number of carboxylic acid groups (broad SMARTS) is 1. The van der Waals surface area contributed by atoms with Gasteiger partial charge in [0, 0.05) is 18.8 Å². The van der Waals surface area contributed by atoms with Gasteiger partial charge in [-0.2, -0.15) is 5.26 Å². The van der Waals surface area contributed by atoms with Crippen LogP contribution in [0.5, 0.6) is 0 Å². The third kappa shape index (κ3) is 2.08. The Labute approximate surface area is 99.1 Å². The van der Waals surface area contributed by atoms with Crippen molar-refractivity contribution in [1.29, 1.82) is 5.26 Å². The molecule has 1 fully saturated rings. The van der Waals surface area contributed by atoms with Crippen molar-refractivity contribution in [3.63, 3.8) is 0 Å². The van der Waals surface area contributed by atoms with Crippen molar-refractivity contribution >= 4 is 11.7 Å². The maximum absolute atomic E-state index is 11.0. The van der Waals surface area contributed by atoms with Gasteiger partial charge in [0.15, 0.2) is 0 Å². The number of nitrogens with zero attached hydrogens (tertiary/aromatic N) is 2. The van der Waals surface area contributed by atoms with Gasteiger partial charge in [-0.1, -0.05) is 6.07 Å². The molecule has 2 rings (SSSR count). The average molecular weight is 231 g/mol. The second-order valence-corrected chi connectivity index (χ2v) is 4.29. The lowest BCUT2D eigenvalue weighted by molar-refractivity contribution is -0.142. The Bertz CT molecular complexity index is 495. The largest absolute Gasteiger partial charge is 0.480 e. The van der Waals surface area contributed by atoms with Gasteiger partial charge >= 0.3 is 5.97 Å². The van der Waals surface area contributed by atoms with E-state index in [1.54, 1.807) is 18.2 Å². The zero-order valence-corrected chi connectivity index (χ0v) is 9.26. The summed E-state index contributed by atoms with van der Waals surface area (Å²) in [6, 6.07) is 9.16. The van der Waals surface area contributed by atoms with E-state index in [-0.39, 0.29) is 6.54 Å². The minimum atomic E-state index is -1.18. The fourth-order valence-electron chi connectivity index (χ4n) is 2.00. The summed E-state index contributed by atoms with van der Waals surface area (Å²) < 4.78 is 0. The van der Waals surface area contributed by atoms with E-state index in [0.717, 1.165) is 5.69 Å². The van der Waals surface area contributed by atoms with Crippen LogP contribution in [-0.4, -0.2) is 29.7 Å². The molecule has 5 nitrogen and oxygen atoms in total. The van der Waals surface area contributed by atoms with Crippen molar-refractivity contribution < 1.29 is 9.90 Å². The molecule has 1 atom stereocenters. The molecule has 3 N–H and O–H groups in total. The van der Waals surface area contributed by atoms with Crippen LogP contribution in [0, 0.1) is 11.3 Å². The first kappa shape index (κ1) is 11.4. The van der Waals surface area contributed by atoms with E-state index >= 15 is 0 Å². The van der Waals surface area contributed by atoms with E-state index in [2.05, 4.69) is 6.07 Å². The molecule has 1 aromatic carbocycles. The van der Waals surface area contributed by atoms with Gasteiger partial charge in [-0.15, -0.1) is 0 Å². The van der Waals surface area contributed by atoms with Gasteiger partial charge in [0.05, 0.1) is 11.6 Å². The molecule has 5 heteroatoms. The van der Waals surface area contributed by atoms with Crippen molar-refractivity contribution in [3.8, 4) is 6.07 Å². The van der Waals surface area contributed by atoms with Crippen molar-refractivity contribution in [2.45, 2.75) is 12.0 Å². The SMILES string of the molecule is N#Cc1cccc(N2CCC(N)(C(=O)O)C2)c1. The second-order valence-electron chi connectivity index (χ2n) is 4.29. The Morgan fingerprint density at radius 3 is 2.94 bits per heavy atom. The van der Waals surface area contributed by atoms with E-state index in [9.17, 15) is 4.79 Å². The standard InChI is InChI=1S/C12H13N3O2/c13-7-9-2-1-3-10(6-9)15-5-4-12(14,8-15)11(16)17/h1-3,6H,4-5,8,14H2,(H,16,17). The maximum Gasteiger partial charge on any atom is 0.325 e. The summed E-state index contributed by atoms with van der Waals surface area (Å²) >= 11 is 0. The molecule has 88 valence electrons. The molecule has 0 radical (unpaired) electrons. The number of nitriles is 1. The summed E-state index contributed by atoms with van der Waals surface area (Å²) in [4.78, 5) is 12.9. The Kier molecular flexibility index (Phi) is 2.74. The molecule has 0 aliphatic carbocycles. The molecule has 0 spiro atoms. The average Bonchev–Trinajstić information content (AvgIpc) is 2.74. The van der Waals surface area contributed by atoms with Gasteiger partial charge in [-0.3, -0.25) is 4.79 Å². The minimum Gasteiger partial charge on any atom is -0.480 e. The number of benzene rings is 1. The first-order valence-corrected chi connectivity index (χ1v) is 5.32. The van der Waals surface area contributed by atoms with Crippen molar-refractivity contribution in [3.05, 3.63) is 29.8 Å². The van der Waals surface area contributed by atoms with Crippen LogP contribution in [0.2, 0.25) is 0 Å². The number of aliphatic carboxylic acids is 1. The number of hydrogen-bond acceptors (Lipinski definition) is 4. The number of carbonyl (C=O) groups is 1. The fourth-order valence-corrected chi connectivity index (χ4v) is 2.00. The lowest BCUT2D eigenvalue weighted by Crippen LogP contribution is -2.50. The van der Waals surface area contributed by atoms with Gasteiger partial charge < -0.3 is 15.7 Å². The first-order chi connectivity index (χ1) is 8.05. The van der Waals surface area contributed by atoms with Crippen LogP contribution in [0.4, 0.5) is 5.69 Å². The smallest absolute Gasteiger partial charge is 0.325 e. The summed E-state index contributed by atoms with van der Waals surface area (Å²) in [7, 11) is 0. The van der Waals surface area contributed by atoms with E-state index in [4.69, 9.17) is 16.1 Å². The van der Waals surface area contributed by atoms with Gasteiger partial charge in [-0.25, -0.2) is 0 Å². The zero-order valence-electron chi connectivity index (χ0n) is 9.26. The van der Waals surface area contributed by atoms with E-state index in [1.807, 2.05) is 11.0 Å². The first-order valence-electron chi connectivity index (χ1n) is 5.32. The number of nitrogens with two attached hydrogens (primary N) is 1. The van der Waals surface area contributed by atoms with Crippen LogP contribution in [0.15, 0.2) is 24.3 Å². The zero-order chi connectivity index (χ0) is 12.5. The summed E-state index contributed by atoms with van der Waals surface area (Å²) in [6.07, 6.45) is 0.416. The molecule has 0 saturated carbocycles. The number of carboxylic acids is 1. The molecule has 1 unspecified atom stereocenters. The van der Waals surface area contributed by atoms with E-state index < -0.39 is 11.5 Å². The Morgan fingerprint density at radius 1 is 1.59 bits per heavy atom. The molecule has 1 aromatic rings. The molecule has 0 aromatic heterocycles. The van der Waals surface area contributed by atoms with Crippen molar-refractivity contribution in [1.82, 2.24) is 0 Å². The molecule has 1 heterocycles. The Hall–Kier alpha value is -2.06. The molecule has 0 amide bonds. The lowest BCUT2D eigenvalue weighted by Gasteiger charge is -2.21. The molecular formula is C12H13N3O2. The molecule has 0 bridgehead atoms. The molecule has 1 saturated heterocycles. The van der Waals surface area contributed by atoms with Gasteiger partial charge in [0.1, 0.15) is 5.54 Å². The van der Waals surface area contributed by atoms with Crippen LogP contribution in [0.25, 0.3) is 0 Å². The highest BCUT2D eigenvalue weighted by atomic mass is 16.4. The summed E-state index contributed by atoms with van der Waals surface area (Å²) in [5, 5.41) is 17.8. The summed E-state index contributed by atoms with van der Waals surface area (Å²) in [5.41, 5.74) is 6.02. The normalized spacial score (nSPS) is 23.4. The number of anilines is 1. The van der Waals surface area contributed by atoms with Crippen molar-refractivity contribution in [2.24, 2.45) is 5.73 Å². The van der Waals surface area contributed by atoms with Gasteiger partial charge in [0.2, 0.25) is 0 Å². The lowest BCUT2D eigenvalue weighted by atomic mass is 10.0. The third-order valence-electron chi connectivity index (χ3n) is 3.07. The highest BCUT2D eigenvalue weighted by Crippen LogP contribution is 2.25. The van der Waals surface area contributed by atoms with Crippen molar-refractivity contribution in [2.75, 3.05) is 18.0 Å². The van der Waals surface area contributed by atoms with Gasteiger partial charge in [-0.05, 0) is 24.6 Å². The predicted molar refractivity (Wildman–Crippen MR) is 62.5 cm³/mol. The molecule has 17 heavy (non-hydrogen) atoms. The monoisotopic (exact) mass is 231 g/mol. The van der Waals surface area contributed by atoms with Crippen LogP contribution in [0.3, 0.4) is 0 Å². The topological polar surface area (TPSA) is 90.4 Å². The van der Waals surface area contributed by atoms with Gasteiger partial charge in [0.25, 0.3) is 0 Å². The number of rotatable bonds is 2. The quantitative estimate of drug-likeness (QED) is 0.775. The Morgan fingerprint density at radius 2 is 2.35 bits per heavy atom. The molecular weight excluding hydrogens is 218 g/mol. The summed E-state index contributed by atoms with van der Waals surface area (Å²) in [5.74, 6) is -0.976. The fraction of sp³-hybridized carbons (Fsp3) is 0.333. The van der Waals surface area contributed by atoms with Crippen LogP contribution in [0.1, 0.15) is 12.0 Å². The van der Waals surface area contributed by atoms with Crippen LogP contribution in [-0.2, 0) is 4.79 Å². The van der Waals surface area contributed by atoms with Crippen LogP contribution < -0.4 is 10.6 Å². The van der Waals surface area contributed by atoms with Crippen LogP contribution >= 0.6 is 0 Å². The molecule has 1 aliphatic rings. The highest BCUT2D eigenvalue weighted by molar-refractivity contribution is 5.80. The van der Waals surface area contributed by atoms with E-state index in [1.165, 1.54) is 0 Å². The molecule has 1 aliphatic heterocycles. The van der Waals surface area contributed by atoms with E-state index in [0.29, 0.717) is 18.5 Å². The third-order valence-corrected chi connectivity index (χ3v) is 3.07. The number of hydrogen-bond donors (Lipinski definition) is 2.